The molecule has 0 saturated carbocycles. The molecular weight excluding hydrogens is 362 g/mol. The Balaban J connectivity index is 1.91. The fourth-order valence-corrected chi connectivity index (χ4v) is 3.25. The molecule has 0 aliphatic carbocycles. The minimum absolute atomic E-state index is 0.138. The monoisotopic (exact) mass is 381 g/mol. The number of ketones is 1. The highest BCUT2D eigenvalue weighted by atomic mass is 16.5. The second kappa shape index (κ2) is 8.07. The molecule has 4 nitrogen and oxygen atoms in total. The van der Waals surface area contributed by atoms with Gasteiger partial charge in [-0.3, -0.25) is 4.79 Å². The number of carbonyl (C=O) groups is 2. The number of hydrogen-bond acceptors (Lipinski definition) is 4. The molecular formula is C25H19NO3. The van der Waals surface area contributed by atoms with Crippen molar-refractivity contribution < 1.29 is 14.3 Å². The van der Waals surface area contributed by atoms with Crippen LogP contribution in [-0.2, 0) is 4.74 Å². The summed E-state index contributed by atoms with van der Waals surface area (Å²) in [7, 11) is 0. The summed E-state index contributed by atoms with van der Waals surface area (Å²) < 4.78 is 5.10. The Morgan fingerprint density at radius 2 is 1.52 bits per heavy atom. The molecule has 4 rings (SSSR count). The molecule has 0 aliphatic heterocycles. The van der Waals surface area contributed by atoms with E-state index < -0.39 is 0 Å². The second-order valence-electron chi connectivity index (χ2n) is 6.57. The second-order valence-corrected chi connectivity index (χ2v) is 6.57. The Morgan fingerprint density at radius 3 is 2.21 bits per heavy atom. The molecule has 0 unspecified atom stereocenters. The smallest absolute Gasteiger partial charge is 0.338 e. The number of benzene rings is 3. The van der Waals surface area contributed by atoms with Crippen molar-refractivity contribution in [2.75, 3.05) is 6.61 Å². The van der Waals surface area contributed by atoms with Gasteiger partial charge in [0, 0.05) is 16.5 Å². The van der Waals surface area contributed by atoms with E-state index in [9.17, 15) is 9.59 Å². The van der Waals surface area contributed by atoms with Crippen molar-refractivity contribution in [3.63, 3.8) is 0 Å². The Kier molecular flexibility index (Phi) is 5.16. The van der Waals surface area contributed by atoms with E-state index in [-0.39, 0.29) is 11.8 Å². The van der Waals surface area contributed by atoms with Crippen molar-refractivity contribution in [2.24, 2.45) is 0 Å². The van der Waals surface area contributed by atoms with Crippen LogP contribution in [0.4, 0.5) is 0 Å². The van der Waals surface area contributed by atoms with Gasteiger partial charge >= 0.3 is 5.97 Å². The van der Waals surface area contributed by atoms with Gasteiger partial charge in [-0.05, 0) is 36.8 Å². The highest BCUT2D eigenvalue weighted by Gasteiger charge is 2.18. The van der Waals surface area contributed by atoms with Crippen molar-refractivity contribution in [2.45, 2.75) is 6.92 Å². The van der Waals surface area contributed by atoms with Crippen molar-refractivity contribution in [3.05, 3.63) is 102 Å². The number of esters is 1. The number of ether oxygens (including phenoxy) is 1. The van der Waals surface area contributed by atoms with E-state index in [1.54, 1.807) is 37.3 Å². The maximum atomic E-state index is 13.2. The van der Waals surface area contributed by atoms with E-state index in [4.69, 9.17) is 4.74 Å². The van der Waals surface area contributed by atoms with Gasteiger partial charge in [-0.1, -0.05) is 60.7 Å². The molecule has 1 heterocycles. The van der Waals surface area contributed by atoms with Crippen molar-refractivity contribution in [3.8, 4) is 11.1 Å². The van der Waals surface area contributed by atoms with Gasteiger partial charge < -0.3 is 4.74 Å². The number of nitrogens with zero attached hydrogens (tertiary/aromatic N) is 1. The summed E-state index contributed by atoms with van der Waals surface area (Å²) in [5, 5.41) is 0.777. The lowest BCUT2D eigenvalue weighted by molar-refractivity contribution is 0.0526. The summed E-state index contributed by atoms with van der Waals surface area (Å²) in [6, 6.07) is 25.9. The van der Waals surface area contributed by atoms with E-state index in [1.165, 1.54) is 0 Å². The topological polar surface area (TPSA) is 56.3 Å². The van der Waals surface area contributed by atoms with E-state index >= 15 is 0 Å². The zero-order valence-corrected chi connectivity index (χ0v) is 16.0. The van der Waals surface area contributed by atoms with E-state index in [0.717, 1.165) is 16.5 Å². The lowest BCUT2D eigenvalue weighted by Crippen LogP contribution is -2.08. The number of fused-ring (bicyclic) bond motifs is 1. The van der Waals surface area contributed by atoms with Crippen LogP contribution in [-0.4, -0.2) is 23.3 Å². The van der Waals surface area contributed by atoms with Crippen LogP contribution >= 0.6 is 0 Å². The Morgan fingerprint density at radius 1 is 0.828 bits per heavy atom. The van der Waals surface area contributed by atoms with Crippen LogP contribution in [0.25, 0.3) is 22.0 Å². The fraction of sp³-hybridized carbons (Fsp3) is 0.0800. The third kappa shape index (κ3) is 3.78. The largest absolute Gasteiger partial charge is 0.462 e. The number of rotatable bonds is 5. The van der Waals surface area contributed by atoms with Crippen LogP contribution in [0, 0.1) is 0 Å². The maximum Gasteiger partial charge on any atom is 0.338 e. The molecule has 0 amide bonds. The first-order valence-corrected chi connectivity index (χ1v) is 9.44. The summed E-state index contributed by atoms with van der Waals surface area (Å²) in [5.74, 6) is -0.513. The Hall–Kier alpha value is -3.79. The molecule has 142 valence electrons. The fourth-order valence-electron chi connectivity index (χ4n) is 3.25. The normalized spacial score (nSPS) is 10.7. The summed E-state index contributed by atoms with van der Waals surface area (Å²) >= 11 is 0. The zero-order chi connectivity index (χ0) is 20.2. The maximum absolute atomic E-state index is 13.2. The van der Waals surface area contributed by atoms with Crippen molar-refractivity contribution in [1.82, 2.24) is 4.98 Å². The zero-order valence-electron chi connectivity index (χ0n) is 16.0. The van der Waals surface area contributed by atoms with Gasteiger partial charge in [0.05, 0.1) is 17.7 Å². The van der Waals surface area contributed by atoms with E-state index in [0.29, 0.717) is 28.9 Å². The first kappa shape index (κ1) is 18.6. The van der Waals surface area contributed by atoms with Crippen LogP contribution in [0.1, 0.15) is 33.3 Å². The minimum Gasteiger partial charge on any atom is -0.462 e. The lowest BCUT2D eigenvalue weighted by atomic mass is 9.96. The van der Waals surface area contributed by atoms with Crippen molar-refractivity contribution in [1.29, 1.82) is 0 Å². The average Bonchev–Trinajstić information content (AvgIpc) is 2.78. The third-order valence-corrected chi connectivity index (χ3v) is 4.66. The molecule has 0 saturated heterocycles. The summed E-state index contributed by atoms with van der Waals surface area (Å²) in [5.41, 5.74) is 3.70. The summed E-state index contributed by atoms with van der Waals surface area (Å²) in [4.78, 5) is 30.0. The number of hydrogen-bond donors (Lipinski definition) is 0. The van der Waals surface area contributed by atoms with Crippen LogP contribution in [0.15, 0.2) is 84.9 Å². The Bertz CT molecular complexity index is 1180. The van der Waals surface area contributed by atoms with Crippen LogP contribution in [0.5, 0.6) is 0 Å². The number of aromatic nitrogens is 1. The molecule has 1 aromatic heterocycles. The SMILES string of the molecule is CCOC(=O)c1ccc2nc(C(=O)c3ccccc3)c(-c3ccccc3)cc2c1. The molecule has 0 N–H and O–H groups in total. The number of pyridine rings is 1. The lowest BCUT2D eigenvalue weighted by Gasteiger charge is -2.11. The molecule has 0 fully saturated rings. The molecule has 4 heteroatoms. The molecule has 0 bridgehead atoms. The van der Waals surface area contributed by atoms with Gasteiger partial charge in [0.15, 0.2) is 0 Å². The molecule has 0 spiro atoms. The summed E-state index contributed by atoms with van der Waals surface area (Å²) in [6.07, 6.45) is 0. The highest BCUT2D eigenvalue weighted by molar-refractivity contribution is 6.13. The van der Waals surface area contributed by atoms with Gasteiger partial charge in [-0.15, -0.1) is 0 Å². The highest BCUT2D eigenvalue weighted by Crippen LogP contribution is 2.29. The van der Waals surface area contributed by atoms with Gasteiger partial charge in [0.2, 0.25) is 5.78 Å². The van der Waals surface area contributed by atoms with Crippen molar-refractivity contribution >= 4 is 22.7 Å². The van der Waals surface area contributed by atoms with E-state index in [1.807, 2.05) is 54.6 Å². The molecule has 0 aliphatic rings. The van der Waals surface area contributed by atoms with Gasteiger partial charge in [0.25, 0.3) is 0 Å². The first-order chi connectivity index (χ1) is 14.2. The number of carbonyl (C=O) groups excluding carboxylic acids is 2. The average molecular weight is 381 g/mol. The third-order valence-electron chi connectivity index (χ3n) is 4.66. The predicted octanol–water partition coefficient (Wildman–Crippen LogP) is 5.31. The van der Waals surface area contributed by atoms with Crippen LogP contribution < -0.4 is 0 Å². The predicted molar refractivity (Wildman–Crippen MR) is 113 cm³/mol. The first-order valence-electron chi connectivity index (χ1n) is 9.44. The molecule has 3 aromatic carbocycles. The minimum atomic E-state index is -0.375. The van der Waals surface area contributed by atoms with Crippen LogP contribution in [0.3, 0.4) is 0 Å². The summed E-state index contributed by atoms with van der Waals surface area (Å²) in [6.45, 7) is 2.09. The van der Waals surface area contributed by atoms with E-state index in [2.05, 4.69) is 4.98 Å². The molecule has 0 atom stereocenters. The molecule has 29 heavy (non-hydrogen) atoms. The quantitative estimate of drug-likeness (QED) is 0.347. The van der Waals surface area contributed by atoms with Gasteiger partial charge in [-0.25, -0.2) is 9.78 Å². The van der Waals surface area contributed by atoms with Crippen LogP contribution in [0.2, 0.25) is 0 Å². The Labute approximate surface area is 168 Å². The van der Waals surface area contributed by atoms with Gasteiger partial charge in [-0.2, -0.15) is 0 Å². The van der Waals surface area contributed by atoms with Gasteiger partial charge in [0.1, 0.15) is 5.69 Å². The molecule has 4 aromatic rings. The standard InChI is InChI=1S/C25H19NO3/c1-2-29-25(28)19-13-14-22-20(15-19)16-21(17-9-5-3-6-10-17)23(26-22)24(27)18-11-7-4-8-12-18/h3-16H,2H2,1H3. The molecule has 0 radical (unpaired) electrons.